The maximum Gasteiger partial charge on any atom is 0.264 e. The SMILES string of the molecule is CC(C)(C)c1ccc(-c2cc(=O)[nH]nc2-c2ccccc2)cc1. The zero-order valence-electron chi connectivity index (χ0n) is 13.6. The lowest BCUT2D eigenvalue weighted by Crippen LogP contribution is -2.11. The van der Waals surface area contributed by atoms with Gasteiger partial charge >= 0.3 is 0 Å². The number of benzene rings is 2. The molecule has 0 aliphatic heterocycles. The lowest BCUT2D eigenvalue weighted by Gasteiger charge is -2.19. The van der Waals surface area contributed by atoms with Crippen molar-refractivity contribution in [3.05, 3.63) is 76.6 Å². The first kappa shape index (κ1) is 15.2. The van der Waals surface area contributed by atoms with Crippen molar-refractivity contribution in [2.45, 2.75) is 26.2 Å². The fraction of sp³-hybridized carbons (Fsp3) is 0.200. The zero-order valence-corrected chi connectivity index (χ0v) is 13.6. The number of nitrogens with zero attached hydrogens (tertiary/aromatic N) is 1. The van der Waals surface area contributed by atoms with Crippen molar-refractivity contribution in [2.75, 3.05) is 0 Å². The number of hydrogen-bond donors (Lipinski definition) is 1. The normalized spacial score (nSPS) is 11.4. The lowest BCUT2D eigenvalue weighted by molar-refractivity contribution is 0.590. The molecule has 0 radical (unpaired) electrons. The summed E-state index contributed by atoms with van der Waals surface area (Å²) in [6.45, 7) is 6.56. The number of rotatable bonds is 2. The molecular weight excluding hydrogens is 284 g/mol. The molecule has 0 unspecified atom stereocenters. The molecule has 3 rings (SSSR count). The molecule has 116 valence electrons. The summed E-state index contributed by atoms with van der Waals surface area (Å²) >= 11 is 0. The van der Waals surface area contributed by atoms with Gasteiger partial charge in [-0.1, -0.05) is 75.4 Å². The van der Waals surface area contributed by atoms with Crippen LogP contribution in [-0.4, -0.2) is 10.2 Å². The minimum atomic E-state index is -0.195. The Labute approximate surface area is 136 Å². The summed E-state index contributed by atoms with van der Waals surface area (Å²) in [6.07, 6.45) is 0. The molecule has 0 atom stereocenters. The van der Waals surface area contributed by atoms with Gasteiger partial charge in [0.2, 0.25) is 0 Å². The average Bonchev–Trinajstić information content (AvgIpc) is 2.55. The highest BCUT2D eigenvalue weighted by Gasteiger charge is 2.15. The smallest absolute Gasteiger partial charge is 0.264 e. The van der Waals surface area contributed by atoms with Crippen LogP contribution in [0.3, 0.4) is 0 Å². The van der Waals surface area contributed by atoms with Gasteiger partial charge in [-0.15, -0.1) is 0 Å². The third-order valence-corrected chi connectivity index (χ3v) is 3.92. The number of H-pyrrole nitrogens is 1. The predicted octanol–water partition coefficient (Wildman–Crippen LogP) is 4.40. The maximum absolute atomic E-state index is 11.8. The van der Waals surface area contributed by atoms with Crippen LogP contribution in [0.4, 0.5) is 0 Å². The second kappa shape index (κ2) is 5.84. The first-order valence-electron chi connectivity index (χ1n) is 7.71. The van der Waals surface area contributed by atoms with E-state index < -0.39 is 0 Å². The molecule has 23 heavy (non-hydrogen) atoms. The number of aromatic amines is 1. The Morgan fingerprint density at radius 1 is 0.870 bits per heavy atom. The zero-order chi connectivity index (χ0) is 16.4. The second-order valence-corrected chi connectivity index (χ2v) is 6.69. The standard InChI is InChI=1S/C20H20N2O/c1-20(2,3)16-11-9-14(10-12-16)17-13-18(23)21-22-19(17)15-7-5-4-6-8-15/h4-13H,1-3H3,(H,21,23). The van der Waals surface area contributed by atoms with Gasteiger partial charge in [-0.3, -0.25) is 4.79 Å². The fourth-order valence-electron chi connectivity index (χ4n) is 2.59. The molecule has 0 aliphatic rings. The van der Waals surface area contributed by atoms with Gasteiger partial charge in [0.1, 0.15) is 0 Å². The highest BCUT2D eigenvalue weighted by molar-refractivity contribution is 5.80. The fourth-order valence-corrected chi connectivity index (χ4v) is 2.59. The van der Waals surface area contributed by atoms with Crippen LogP contribution in [0.1, 0.15) is 26.3 Å². The van der Waals surface area contributed by atoms with E-state index in [1.807, 2.05) is 30.3 Å². The van der Waals surface area contributed by atoms with Crippen LogP contribution in [0.15, 0.2) is 65.5 Å². The summed E-state index contributed by atoms with van der Waals surface area (Å²) in [4.78, 5) is 11.8. The van der Waals surface area contributed by atoms with Crippen molar-refractivity contribution < 1.29 is 0 Å². The first-order valence-corrected chi connectivity index (χ1v) is 7.71. The molecule has 0 saturated carbocycles. The topological polar surface area (TPSA) is 45.8 Å². The van der Waals surface area contributed by atoms with Crippen molar-refractivity contribution >= 4 is 0 Å². The summed E-state index contributed by atoms with van der Waals surface area (Å²) in [5, 5.41) is 6.80. The Hall–Kier alpha value is -2.68. The molecule has 3 nitrogen and oxygen atoms in total. The van der Waals surface area contributed by atoms with Gasteiger partial charge < -0.3 is 0 Å². The predicted molar refractivity (Wildman–Crippen MR) is 94.4 cm³/mol. The molecule has 0 bridgehead atoms. The van der Waals surface area contributed by atoms with Crippen molar-refractivity contribution in [2.24, 2.45) is 0 Å². The third-order valence-electron chi connectivity index (χ3n) is 3.92. The quantitative estimate of drug-likeness (QED) is 0.762. The first-order chi connectivity index (χ1) is 10.9. The molecule has 1 aromatic heterocycles. The average molecular weight is 304 g/mol. The summed E-state index contributed by atoms with van der Waals surface area (Å²) < 4.78 is 0. The Morgan fingerprint density at radius 2 is 1.52 bits per heavy atom. The molecule has 0 aliphatic carbocycles. The Balaban J connectivity index is 2.13. The van der Waals surface area contributed by atoms with Gasteiger partial charge in [0.25, 0.3) is 5.56 Å². The monoisotopic (exact) mass is 304 g/mol. The Morgan fingerprint density at radius 3 is 2.13 bits per heavy atom. The second-order valence-electron chi connectivity index (χ2n) is 6.69. The highest BCUT2D eigenvalue weighted by atomic mass is 16.1. The molecule has 3 heteroatoms. The van der Waals surface area contributed by atoms with Crippen molar-refractivity contribution in [1.29, 1.82) is 0 Å². The van der Waals surface area contributed by atoms with Gasteiger partial charge in [-0.25, -0.2) is 5.10 Å². The van der Waals surface area contributed by atoms with Crippen molar-refractivity contribution in [1.82, 2.24) is 10.2 Å². The van der Waals surface area contributed by atoms with E-state index in [1.165, 1.54) is 5.56 Å². The van der Waals surface area contributed by atoms with E-state index in [2.05, 4.69) is 55.2 Å². The number of hydrogen-bond acceptors (Lipinski definition) is 2. The van der Waals surface area contributed by atoms with E-state index in [9.17, 15) is 4.79 Å². The van der Waals surface area contributed by atoms with Crippen LogP contribution < -0.4 is 5.56 Å². The van der Waals surface area contributed by atoms with Crippen LogP contribution in [-0.2, 0) is 5.41 Å². The van der Waals surface area contributed by atoms with Crippen LogP contribution in [0.5, 0.6) is 0 Å². The van der Waals surface area contributed by atoms with E-state index in [-0.39, 0.29) is 11.0 Å². The van der Waals surface area contributed by atoms with Crippen LogP contribution in [0.25, 0.3) is 22.4 Å². The van der Waals surface area contributed by atoms with E-state index >= 15 is 0 Å². The highest BCUT2D eigenvalue weighted by Crippen LogP contribution is 2.30. The number of aromatic nitrogens is 2. The van der Waals surface area contributed by atoms with Gasteiger partial charge in [-0.2, -0.15) is 5.10 Å². The minimum Gasteiger partial charge on any atom is -0.268 e. The van der Waals surface area contributed by atoms with Gasteiger partial charge in [0, 0.05) is 17.2 Å². The van der Waals surface area contributed by atoms with E-state index in [0.717, 1.165) is 22.4 Å². The molecule has 0 saturated heterocycles. The summed E-state index contributed by atoms with van der Waals surface area (Å²) in [7, 11) is 0. The van der Waals surface area contributed by atoms with Crippen LogP contribution >= 0.6 is 0 Å². The number of nitrogens with one attached hydrogen (secondary N) is 1. The lowest BCUT2D eigenvalue weighted by atomic mass is 9.86. The van der Waals surface area contributed by atoms with Crippen LogP contribution in [0, 0.1) is 0 Å². The largest absolute Gasteiger partial charge is 0.268 e. The molecule has 1 heterocycles. The van der Waals surface area contributed by atoms with E-state index in [0.29, 0.717) is 0 Å². The van der Waals surface area contributed by atoms with Crippen LogP contribution in [0.2, 0.25) is 0 Å². The molecule has 0 amide bonds. The molecular formula is C20H20N2O. The Kier molecular flexibility index (Phi) is 3.87. The van der Waals surface area contributed by atoms with E-state index in [4.69, 9.17) is 0 Å². The summed E-state index contributed by atoms with van der Waals surface area (Å²) in [5.41, 5.74) is 4.79. The molecule has 3 aromatic rings. The van der Waals surface area contributed by atoms with Gasteiger partial charge in [-0.05, 0) is 16.5 Å². The third kappa shape index (κ3) is 3.24. The van der Waals surface area contributed by atoms with Gasteiger partial charge in [0.05, 0.1) is 5.69 Å². The summed E-state index contributed by atoms with van der Waals surface area (Å²) in [5.74, 6) is 0. The maximum atomic E-state index is 11.8. The Bertz CT molecular complexity index is 857. The van der Waals surface area contributed by atoms with E-state index in [1.54, 1.807) is 6.07 Å². The molecule has 0 spiro atoms. The molecule has 2 aromatic carbocycles. The summed E-state index contributed by atoms with van der Waals surface area (Å²) in [6, 6.07) is 19.8. The van der Waals surface area contributed by atoms with Crippen molar-refractivity contribution in [3.8, 4) is 22.4 Å². The van der Waals surface area contributed by atoms with Gasteiger partial charge in [0.15, 0.2) is 0 Å². The minimum absolute atomic E-state index is 0.104. The molecule has 1 N–H and O–H groups in total. The molecule has 0 fully saturated rings. The van der Waals surface area contributed by atoms with Crippen molar-refractivity contribution in [3.63, 3.8) is 0 Å².